The fourth-order valence-corrected chi connectivity index (χ4v) is 8.59. The minimum atomic E-state index is -0.0182. The summed E-state index contributed by atoms with van der Waals surface area (Å²) in [6.07, 6.45) is 8.45. The SMILES string of the molecule is CC#CC#CN(c1nc(N(CCCC)CCCC)nc(N(CC)C2CC(C)(C)N(CC)C(C)(C)C2)n1)C1CC(C)(C)N(C)C(C)(C)C1.[HH]. The Labute approximate surface area is 290 Å². The average Bonchev–Trinajstić information content (AvgIpc) is 2.97. The van der Waals surface area contributed by atoms with Gasteiger partial charge in [-0.15, -0.1) is 0 Å². The summed E-state index contributed by atoms with van der Waals surface area (Å²) in [5.74, 6) is 11.3. The lowest BCUT2D eigenvalue weighted by Crippen LogP contribution is -2.64. The largest absolute Gasteiger partial charge is 0.341 e. The first-order chi connectivity index (χ1) is 22.0. The molecule has 8 nitrogen and oxygen atoms in total. The van der Waals surface area contributed by atoms with Crippen molar-refractivity contribution in [1.29, 1.82) is 0 Å². The van der Waals surface area contributed by atoms with Crippen LogP contribution in [0.4, 0.5) is 17.8 Å². The Bertz CT molecular complexity index is 1260. The topological polar surface area (TPSA) is 54.9 Å². The van der Waals surface area contributed by atoms with Crippen LogP contribution < -0.4 is 14.7 Å². The standard InChI is InChI=1S/C39H68N8.H2/c1-15-20-23-26-46(32-27-36(6,7)43(14)37(8,9)28-32)35-41-33(44(24-21-16-2)25-22-17-3)40-34(42-35)45(18-4)31-29-38(10,11)47(19-5)39(12,13)30-31;/h31-32H,16-19,21-22,24-25,27-30H2,1-14H3;1H. The third-order valence-corrected chi connectivity index (χ3v) is 11.0. The van der Waals surface area contributed by atoms with Crippen molar-refractivity contribution in [3.05, 3.63) is 0 Å². The molecule has 47 heavy (non-hydrogen) atoms. The number of hydrogen-bond acceptors (Lipinski definition) is 8. The number of hydrogen-bond donors (Lipinski definition) is 0. The van der Waals surface area contributed by atoms with Crippen molar-refractivity contribution in [2.45, 2.75) is 176 Å². The van der Waals surface area contributed by atoms with Crippen LogP contribution in [0.2, 0.25) is 0 Å². The summed E-state index contributed by atoms with van der Waals surface area (Å²) < 4.78 is 0. The molecule has 2 saturated heterocycles. The molecule has 1 aromatic heterocycles. The predicted octanol–water partition coefficient (Wildman–Crippen LogP) is 7.83. The highest BCUT2D eigenvalue weighted by Gasteiger charge is 2.47. The first kappa shape index (κ1) is 38.9. The Kier molecular flexibility index (Phi) is 13.1. The zero-order chi connectivity index (χ0) is 35.2. The zero-order valence-electron chi connectivity index (χ0n) is 32.7. The molecule has 0 radical (unpaired) electrons. The van der Waals surface area contributed by atoms with Crippen LogP contribution in [0.25, 0.3) is 0 Å². The lowest BCUT2D eigenvalue weighted by atomic mass is 9.76. The molecule has 0 amide bonds. The molecule has 0 aromatic carbocycles. The average molecular weight is 651 g/mol. The minimum absolute atomic E-state index is 0. The van der Waals surface area contributed by atoms with E-state index in [9.17, 15) is 0 Å². The van der Waals surface area contributed by atoms with Gasteiger partial charge in [0.1, 0.15) is 0 Å². The Hall–Kier alpha value is -2.55. The second kappa shape index (κ2) is 15.8. The van der Waals surface area contributed by atoms with Crippen LogP contribution in [0.1, 0.15) is 143 Å². The molecule has 8 heteroatoms. The summed E-state index contributed by atoms with van der Waals surface area (Å²) in [4.78, 5) is 28.1. The summed E-state index contributed by atoms with van der Waals surface area (Å²) in [5, 5.41) is 0. The summed E-state index contributed by atoms with van der Waals surface area (Å²) in [6, 6.07) is 3.89. The number of anilines is 3. The molecule has 2 aliphatic heterocycles. The monoisotopic (exact) mass is 651 g/mol. The van der Waals surface area contributed by atoms with Crippen LogP contribution in [0.15, 0.2) is 0 Å². The Morgan fingerprint density at radius 2 is 1.19 bits per heavy atom. The lowest BCUT2D eigenvalue weighted by molar-refractivity contribution is -0.0315. The molecule has 1 aromatic rings. The highest BCUT2D eigenvalue weighted by atomic mass is 15.4. The molecule has 0 aliphatic carbocycles. The van der Waals surface area contributed by atoms with E-state index in [1.165, 1.54) is 0 Å². The van der Waals surface area contributed by atoms with Gasteiger partial charge in [0.15, 0.2) is 0 Å². The van der Waals surface area contributed by atoms with Crippen molar-refractivity contribution in [2.24, 2.45) is 0 Å². The van der Waals surface area contributed by atoms with Gasteiger partial charge in [0.2, 0.25) is 17.8 Å². The number of nitrogens with zero attached hydrogens (tertiary/aromatic N) is 8. The summed E-state index contributed by atoms with van der Waals surface area (Å²) in [7, 11) is 2.25. The summed E-state index contributed by atoms with van der Waals surface area (Å²) in [5.41, 5.74) is 0.0810. The van der Waals surface area contributed by atoms with Gasteiger partial charge in [-0.3, -0.25) is 14.7 Å². The van der Waals surface area contributed by atoms with E-state index in [4.69, 9.17) is 15.0 Å². The van der Waals surface area contributed by atoms with Crippen LogP contribution in [0, 0.1) is 23.8 Å². The molecule has 0 unspecified atom stereocenters. The van der Waals surface area contributed by atoms with Gasteiger partial charge in [0.05, 0.1) is 0 Å². The Balaban J connectivity index is 0.00000800. The van der Waals surface area contributed by atoms with E-state index in [1.54, 1.807) is 0 Å². The van der Waals surface area contributed by atoms with Crippen molar-refractivity contribution in [1.82, 2.24) is 24.8 Å². The number of piperidine rings is 2. The number of aromatic nitrogens is 3. The van der Waals surface area contributed by atoms with Crippen molar-refractivity contribution in [3.8, 4) is 23.8 Å². The second-order valence-electron chi connectivity index (χ2n) is 16.4. The summed E-state index contributed by atoms with van der Waals surface area (Å²) in [6.45, 7) is 33.6. The van der Waals surface area contributed by atoms with Crippen LogP contribution in [-0.4, -0.2) is 92.2 Å². The molecule has 266 valence electrons. The van der Waals surface area contributed by atoms with E-state index in [-0.39, 0.29) is 29.6 Å². The van der Waals surface area contributed by atoms with Gasteiger partial charge in [-0.25, -0.2) is 0 Å². The van der Waals surface area contributed by atoms with Gasteiger partial charge in [-0.2, -0.15) is 15.0 Å². The first-order valence-electron chi connectivity index (χ1n) is 18.5. The van der Waals surface area contributed by atoms with Gasteiger partial charge in [-0.1, -0.05) is 39.5 Å². The van der Waals surface area contributed by atoms with Gasteiger partial charge < -0.3 is 9.80 Å². The first-order valence-corrected chi connectivity index (χ1v) is 18.5. The van der Waals surface area contributed by atoms with E-state index >= 15 is 0 Å². The third-order valence-electron chi connectivity index (χ3n) is 11.0. The highest BCUT2D eigenvalue weighted by Crippen LogP contribution is 2.42. The maximum Gasteiger partial charge on any atom is 0.244 e. The van der Waals surface area contributed by atoms with E-state index in [2.05, 4.69) is 138 Å². The van der Waals surface area contributed by atoms with E-state index in [0.717, 1.165) is 89.4 Å². The number of unbranched alkanes of at least 4 members (excludes halogenated alkanes) is 2. The molecule has 0 spiro atoms. The van der Waals surface area contributed by atoms with Crippen molar-refractivity contribution in [3.63, 3.8) is 0 Å². The molecule has 0 N–H and O–H groups in total. The van der Waals surface area contributed by atoms with Crippen LogP contribution in [0.3, 0.4) is 0 Å². The smallest absolute Gasteiger partial charge is 0.244 e. The Morgan fingerprint density at radius 1 is 0.702 bits per heavy atom. The van der Waals surface area contributed by atoms with Gasteiger partial charge in [-0.05, 0) is 127 Å². The van der Waals surface area contributed by atoms with Crippen molar-refractivity contribution in [2.75, 3.05) is 47.9 Å². The van der Waals surface area contributed by atoms with Gasteiger partial charge in [0.25, 0.3) is 0 Å². The molecule has 0 atom stereocenters. The van der Waals surface area contributed by atoms with Crippen molar-refractivity contribution < 1.29 is 1.43 Å². The van der Waals surface area contributed by atoms with Gasteiger partial charge >= 0.3 is 0 Å². The molecule has 0 bridgehead atoms. The van der Waals surface area contributed by atoms with E-state index in [0.29, 0.717) is 12.0 Å². The molecule has 3 rings (SSSR count). The molecule has 2 aliphatic rings. The minimum Gasteiger partial charge on any atom is -0.341 e. The maximum absolute atomic E-state index is 5.35. The van der Waals surface area contributed by atoms with Crippen LogP contribution in [0.5, 0.6) is 0 Å². The number of rotatable bonds is 13. The Morgan fingerprint density at radius 3 is 1.66 bits per heavy atom. The second-order valence-corrected chi connectivity index (χ2v) is 16.4. The fourth-order valence-electron chi connectivity index (χ4n) is 8.59. The third kappa shape index (κ3) is 9.12. The van der Waals surface area contributed by atoms with Crippen LogP contribution in [-0.2, 0) is 0 Å². The maximum atomic E-state index is 5.35. The zero-order valence-corrected chi connectivity index (χ0v) is 32.7. The molecular weight excluding hydrogens is 580 g/mol. The van der Waals surface area contributed by atoms with E-state index in [1.807, 2.05) is 6.92 Å². The quantitative estimate of drug-likeness (QED) is 0.158. The molecule has 3 heterocycles. The fraction of sp³-hybridized carbons (Fsp3) is 0.821. The van der Waals surface area contributed by atoms with Crippen molar-refractivity contribution >= 4 is 17.8 Å². The molecule has 0 saturated carbocycles. The van der Waals surface area contributed by atoms with Crippen LogP contribution >= 0.6 is 0 Å². The van der Waals surface area contributed by atoms with Gasteiger partial charge in [0, 0.05) is 67.3 Å². The molecular formula is C39H70N8. The highest BCUT2D eigenvalue weighted by molar-refractivity contribution is 5.52. The molecule has 2 fully saturated rings. The number of likely N-dealkylation sites (tertiary alicyclic amines) is 2. The lowest BCUT2D eigenvalue weighted by Gasteiger charge is -2.56. The normalized spacial score (nSPS) is 20.9. The predicted molar refractivity (Wildman–Crippen MR) is 203 cm³/mol. The van der Waals surface area contributed by atoms with E-state index < -0.39 is 0 Å². The summed E-state index contributed by atoms with van der Waals surface area (Å²) >= 11 is 0.